The van der Waals surface area contributed by atoms with Crippen molar-refractivity contribution in [3.8, 4) is 0 Å². The molecule has 0 spiro atoms. The predicted molar refractivity (Wildman–Crippen MR) is 66.7 cm³/mol. The van der Waals surface area contributed by atoms with Crippen molar-refractivity contribution in [1.82, 2.24) is 10.3 Å². The van der Waals surface area contributed by atoms with E-state index in [1.807, 2.05) is 6.92 Å². The third-order valence-electron chi connectivity index (χ3n) is 2.62. The molecule has 0 bridgehead atoms. The maximum atomic E-state index is 5.27. The molecule has 0 atom stereocenters. The summed E-state index contributed by atoms with van der Waals surface area (Å²) in [5, 5.41) is 6.70. The lowest BCUT2D eigenvalue weighted by Gasteiger charge is -2.13. The first kappa shape index (κ1) is 11.8. The molecule has 0 aromatic carbocycles. The number of hydrogen-bond donors (Lipinski definition) is 1. The Morgan fingerprint density at radius 2 is 2.50 bits per heavy atom. The molecule has 1 aliphatic heterocycles. The maximum Gasteiger partial charge on any atom is 0.107 e. The van der Waals surface area contributed by atoms with Crippen molar-refractivity contribution in [3.05, 3.63) is 27.7 Å². The summed E-state index contributed by atoms with van der Waals surface area (Å²) < 4.78 is 5.27. The summed E-state index contributed by atoms with van der Waals surface area (Å²) in [5.74, 6) is 0. The fourth-order valence-electron chi connectivity index (χ4n) is 1.72. The van der Waals surface area contributed by atoms with E-state index >= 15 is 0 Å². The Hall–Kier alpha value is -0.710. The van der Waals surface area contributed by atoms with Crippen molar-refractivity contribution in [3.63, 3.8) is 0 Å². The Morgan fingerprint density at radius 1 is 1.56 bits per heavy atom. The van der Waals surface area contributed by atoms with Crippen LogP contribution in [-0.2, 0) is 11.3 Å². The summed E-state index contributed by atoms with van der Waals surface area (Å²) in [6.45, 7) is 5.64. The van der Waals surface area contributed by atoms with Gasteiger partial charge >= 0.3 is 0 Å². The van der Waals surface area contributed by atoms with Crippen molar-refractivity contribution in [1.29, 1.82) is 0 Å². The smallest absolute Gasteiger partial charge is 0.107 e. The molecule has 0 amide bonds. The van der Waals surface area contributed by atoms with Gasteiger partial charge in [-0.1, -0.05) is 11.6 Å². The van der Waals surface area contributed by atoms with Gasteiger partial charge < -0.3 is 10.1 Å². The Kier molecular flexibility index (Phi) is 4.51. The normalized spacial score (nSPS) is 16.2. The van der Waals surface area contributed by atoms with Crippen LogP contribution in [0.1, 0.15) is 23.5 Å². The van der Waals surface area contributed by atoms with Crippen molar-refractivity contribution >= 4 is 11.3 Å². The zero-order chi connectivity index (χ0) is 11.2. The van der Waals surface area contributed by atoms with Crippen LogP contribution >= 0.6 is 11.3 Å². The number of aryl methyl sites for hydroxylation is 1. The monoisotopic (exact) mass is 238 g/mol. The van der Waals surface area contributed by atoms with Gasteiger partial charge in [0.05, 0.1) is 13.2 Å². The SMILES string of the molecule is Cc1csc(CNCCC2=CCOCC2)n1. The lowest BCUT2D eigenvalue weighted by Crippen LogP contribution is -2.16. The molecule has 2 rings (SSSR count). The molecule has 1 aromatic heterocycles. The van der Waals surface area contributed by atoms with Gasteiger partial charge in [0.15, 0.2) is 0 Å². The lowest BCUT2D eigenvalue weighted by molar-refractivity contribution is 0.153. The van der Waals surface area contributed by atoms with Crippen LogP contribution in [0.25, 0.3) is 0 Å². The zero-order valence-electron chi connectivity index (χ0n) is 9.66. The van der Waals surface area contributed by atoms with Crippen molar-refractivity contribution in [2.75, 3.05) is 19.8 Å². The maximum absolute atomic E-state index is 5.27. The van der Waals surface area contributed by atoms with Crippen LogP contribution in [0.4, 0.5) is 0 Å². The van der Waals surface area contributed by atoms with Crippen LogP contribution in [0.15, 0.2) is 17.0 Å². The minimum absolute atomic E-state index is 0.793. The quantitative estimate of drug-likeness (QED) is 0.631. The molecule has 0 unspecified atom stereocenters. The Balaban J connectivity index is 1.63. The van der Waals surface area contributed by atoms with E-state index in [0.717, 1.165) is 44.8 Å². The van der Waals surface area contributed by atoms with Crippen LogP contribution in [0.3, 0.4) is 0 Å². The predicted octanol–water partition coefficient (Wildman–Crippen LogP) is 2.28. The summed E-state index contributed by atoms with van der Waals surface area (Å²) in [5.41, 5.74) is 2.64. The zero-order valence-corrected chi connectivity index (χ0v) is 10.5. The summed E-state index contributed by atoms with van der Waals surface area (Å²) in [7, 11) is 0. The van der Waals surface area contributed by atoms with Gasteiger partial charge in [-0.15, -0.1) is 11.3 Å². The first-order valence-corrected chi connectivity index (χ1v) is 6.60. The molecule has 0 saturated heterocycles. The van der Waals surface area contributed by atoms with E-state index in [4.69, 9.17) is 4.74 Å². The Labute approximate surface area is 101 Å². The molecule has 0 fully saturated rings. The van der Waals surface area contributed by atoms with Crippen LogP contribution in [0, 0.1) is 6.92 Å². The Morgan fingerprint density at radius 3 is 3.19 bits per heavy atom. The third-order valence-corrected chi connectivity index (χ3v) is 3.59. The standard InChI is InChI=1S/C12H18N2OS/c1-10-9-16-12(14-10)8-13-5-2-11-3-6-15-7-4-11/h3,9,13H,2,4-8H2,1H3. The van der Waals surface area contributed by atoms with Gasteiger partial charge in [-0.05, 0) is 26.3 Å². The molecule has 88 valence electrons. The molecule has 1 aliphatic rings. The van der Waals surface area contributed by atoms with Gasteiger partial charge in [0.2, 0.25) is 0 Å². The topological polar surface area (TPSA) is 34.1 Å². The highest BCUT2D eigenvalue weighted by molar-refractivity contribution is 7.09. The second-order valence-electron chi connectivity index (χ2n) is 4.00. The van der Waals surface area contributed by atoms with Gasteiger partial charge in [-0.3, -0.25) is 0 Å². The van der Waals surface area contributed by atoms with Gasteiger partial charge in [-0.25, -0.2) is 4.98 Å². The molecule has 16 heavy (non-hydrogen) atoms. The highest BCUT2D eigenvalue weighted by atomic mass is 32.1. The largest absolute Gasteiger partial charge is 0.377 e. The summed E-state index contributed by atoms with van der Waals surface area (Å²) in [6, 6.07) is 0. The molecular formula is C12H18N2OS. The first-order valence-electron chi connectivity index (χ1n) is 5.72. The second kappa shape index (κ2) is 6.13. The van der Waals surface area contributed by atoms with E-state index in [1.165, 1.54) is 10.6 Å². The van der Waals surface area contributed by atoms with Gasteiger partial charge in [-0.2, -0.15) is 0 Å². The highest BCUT2D eigenvalue weighted by Gasteiger charge is 2.03. The first-order chi connectivity index (χ1) is 7.84. The van der Waals surface area contributed by atoms with Crippen molar-refractivity contribution < 1.29 is 4.74 Å². The van der Waals surface area contributed by atoms with E-state index in [0.29, 0.717) is 0 Å². The number of aromatic nitrogens is 1. The average Bonchev–Trinajstić information content (AvgIpc) is 2.72. The number of thiazole rings is 1. The second-order valence-corrected chi connectivity index (χ2v) is 4.94. The number of ether oxygens (including phenoxy) is 1. The molecule has 1 aromatic rings. The van der Waals surface area contributed by atoms with Crippen LogP contribution in [0.5, 0.6) is 0 Å². The molecular weight excluding hydrogens is 220 g/mol. The van der Waals surface area contributed by atoms with Gasteiger partial charge in [0.25, 0.3) is 0 Å². The van der Waals surface area contributed by atoms with E-state index in [2.05, 4.69) is 21.8 Å². The van der Waals surface area contributed by atoms with Crippen LogP contribution in [-0.4, -0.2) is 24.7 Å². The number of rotatable bonds is 5. The van der Waals surface area contributed by atoms with E-state index < -0.39 is 0 Å². The van der Waals surface area contributed by atoms with Crippen LogP contribution < -0.4 is 5.32 Å². The van der Waals surface area contributed by atoms with Gasteiger partial charge in [0, 0.05) is 17.6 Å². The molecule has 1 N–H and O–H groups in total. The van der Waals surface area contributed by atoms with Crippen molar-refractivity contribution in [2.24, 2.45) is 0 Å². The average molecular weight is 238 g/mol. The molecule has 4 heteroatoms. The van der Waals surface area contributed by atoms with E-state index in [1.54, 1.807) is 11.3 Å². The number of hydrogen-bond acceptors (Lipinski definition) is 4. The summed E-state index contributed by atoms with van der Waals surface area (Å²) in [6.07, 6.45) is 4.43. The number of nitrogens with one attached hydrogen (secondary N) is 1. The third kappa shape index (κ3) is 3.70. The van der Waals surface area contributed by atoms with Gasteiger partial charge in [0.1, 0.15) is 5.01 Å². The minimum atomic E-state index is 0.793. The fourth-order valence-corrected chi connectivity index (χ4v) is 2.46. The fraction of sp³-hybridized carbons (Fsp3) is 0.583. The Bertz CT molecular complexity index is 360. The molecule has 0 saturated carbocycles. The lowest BCUT2D eigenvalue weighted by atomic mass is 10.1. The molecule has 2 heterocycles. The van der Waals surface area contributed by atoms with E-state index in [9.17, 15) is 0 Å². The minimum Gasteiger partial charge on any atom is -0.377 e. The molecule has 3 nitrogen and oxygen atoms in total. The number of nitrogens with zero attached hydrogens (tertiary/aromatic N) is 1. The molecule has 0 radical (unpaired) electrons. The summed E-state index contributed by atoms with van der Waals surface area (Å²) >= 11 is 1.73. The highest BCUT2D eigenvalue weighted by Crippen LogP contribution is 2.11. The molecule has 0 aliphatic carbocycles. The summed E-state index contributed by atoms with van der Waals surface area (Å²) in [4.78, 5) is 4.42. The van der Waals surface area contributed by atoms with Crippen LogP contribution in [0.2, 0.25) is 0 Å². The van der Waals surface area contributed by atoms with E-state index in [-0.39, 0.29) is 0 Å². The van der Waals surface area contributed by atoms with Crippen molar-refractivity contribution in [2.45, 2.75) is 26.3 Å².